The molecular formula is C20H23F3N2O. The molecule has 3 nitrogen and oxygen atoms in total. The van der Waals surface area contributed by atoms with Crippen molar-refractivity contribution >= 4 is 17.3 Å². The van der Waals surface area contributed by atoms with E-state index in [9.17, 15) is 18.0 Å². The van der Waals surface area contributed by atoms with Crippen LogP contribution in [-0.2, 0) is 16.4 Å². The largest absolute Gasteiger partial charge is 0.418 e. The molecule has 0 saturated heterocycles. The number of nitrogens with one attached hydrogen (secondary N) is 2. The van der Waals surface area contributed by atoms with Gasteiger partial charge >= 0.3 is 6.18 Å². The molecule has 0 bridgehead atoms. The van der Waals surface area contributed by atoms with E-state index in [4.69, 9.17) is 0 Å². The van der Waals surface area contributed by atoms with Crippen molar-refractivity contribution in [2.75, 3.05) is 17.2 Å². The molecule has 0 spiro atoms. The monoisotopic (exact) mass is 364 g/mol. The van der Waals surface area contributed by atoms with Gasteiger partial charge in [-0.2, -0.15) is 13.2 Å². The van der Waals surface area contributed by atoms with E-state index in [1.165, 1.54) is 18.2 Å². The van der Waals surface area contributed by atoms with Gasteiger partial charge in [0.05, 0.1) is 5.56 Å². The van der Waals surface area contributed by atoms with Gasteiger partial charge in [0.15, 0.2) is 0 Å². The van der Waals surface area contributed by atoms with Crippen LogP contribution in [0.3, 0.4) is 0 Å². The van der Waals surface area contributed by atoms with Crippen molar-refractivity contribution in [1.29, 1.82) is 0 Å². The van der Waals surface area contributed by atoms with E-state index in [1.54, 1.807) is 0 Å². The summed E-state index contributed by atoms with van der Waals surface area (Å²) in [5, 5.41) is 5.44. The first kappa shape index (κ1) is 19.8. The highest BCUT2D eigenvalue weighted by Gasteiger charge is 2.33. The molecule has 0 aliphatic rings. The fourth-order valence-corrected chi connectivity index (χ4v) is 2.47. The van der Waals surface area contributed by atoms with Crippen LogP contribution in [-0.4, -0.2) is 12.5 Å². The fourth-order valence-electron chi connectivity index (χ4n) is 2.47. The summed E-state index contributed by atoms with van der Waals surface area (Å²) in [7, 11) is 0. The third kappa shape index (κ3) is 5.51. The lowest BCUT2D eigenvalue weighted by Crippen LogP contribution is -2.18. The molecule has 0 saturated carbocycles. The predicted molar refractivity (Wildman–Crippen MR) is 98.3 cm³/mol. The van der Waals surface area contributed by atoms with Crippen LogP contribution in [0.15, 0.2) is 48.5 Å². The molecule has 140 valence electrons. The molecule has 26 heavy (non-hydrogen) atoms. The SMILES string of the molecule is CC(C)(C)c1ccc(NC(=O)CCNc2ccccc2C(F)(F)F)cc1. The van der Waals surface area contributed by atoms with Gasteiger partial charge in [0, 0.05) is 24.3 Å². The molecule has 0 radical (unpaired) electrons. The van der Waals surface area contributed by atoms with Crippen LogP contribution < -0.4 is 10.6 Å². The highest BCUT2D eigenvalue weighted by Crippen LogP contribution is 2.34. The maximum atomic E-state index is 12.9. The van der Waals surface area contributed by atoms with Crippen LogP contribution in [0.1, 0.15) is 38.3 Å². The van der Waals surface area contributed by atoms with Crippen molar-refractivity contribution < 1.29 is 18.0 Å². The molecule has 0 aliphatic carbocycles. The first-order chi connectivity index (χ1) is 12.1. The van der Waals surface area contributed by atoms with E-state index in [0.29, 0.717) is 5.69 Å². The molecule has 2 aromatic carbocycles. The summed E-state index contributed by atoms with van der Waals surface area (Å²) < 4.78 is 38.8. The Kier molecular flexibility index (Phi) is 5.95. The molecule has 0 aliphatic heterocycles. The average Bonchev–Trinajstić information content (AvgIpc) is 2.54. The topological polar surface area (TPSA) is 41.1 Å². The van der Waals surface area contributed by atoms with Crippen molar-refractivity contribution in [2.24, 2.45) is 0 Å². The van der Waals surface area contributed by atoms with E-state index in [2.05, 4.69) is 31.4 Å². The zero-order valence-corrected chi connectivity index (χ0v) is 15.1. The van der Waals surface area contributed by atoms with Gasteiger partial charge in [-0.05, 0) is 35.2 Å². The van der Waals surface area contributed by atoms with Crippen molar-refractivity contribution in [1.82, 2.24) is 0 Å². The first-order valence-electron chi connectivity index (χ1n) is 8.38. The van der Waals surface area contributed by atoms with E-state index < -0.39 is 11.7 Å². The van der Waals surface area contributed by atoms with Crippen LogP contribution in [0.25, 0.3) is 0 Å². The number of carbonyl (C=O) groups excluding carboxylic acids is 1. The molecular weight excluding hydrogens is 341 g/mol. The summed E-state index contributed by atoms with van der Waals surface area (Å²) >= 11 is 0. The zero-order valence-electron chi connectivity index (χ0n) is 15.1. The Morgan fingerprint density at radius 3 is 2.15 bits per heavy atom. The Bertz CT molecular complexity index is 747. The molecule has 1 amide bonds. The number of carbonyl (C=O) groups is 1. The number of rotatable bonds is 5. The maximum Gasteiger partial charge on any atom is 0.418 e. The lowest BCUT2D eigenvalue weighted by Gasteiger charge is -2.19. The number of hydrogen-bond acceptors (Lipinski definition) is 2. The van der Waals surface area contributed by atoms with Crippen LogP contribution in [0, 0.1) is 0 Å². The van der Waals surface area contributed by atoms with Gasteiger partial charge < -0.3 is 10.6 Å². The van der Waals surface area contributed by atoms with Gasteiger partial charge in [0.25, 0.3) is 0 Å². The number of anilines is 2. The van der Waals surface area contributed by atoms with Gasteiger partial charge in [-0.1, -0.05) is 45.0 Å². The number of benzene rings is 2. The number of hydrogen-bond donors (Lipinski definition) is 2. The maximum absolute atomic E-state index is 12.9. The lowest BCUT2D eigenvalue weighted by molar-refractivity contribution is -0.137. The summed E-state index contributed by atoms with van der Waals surface area (Å²) in [6.07, 6.45) is -4.37. The molecule has 6 heteroatoms. The van der Waals surface area contributed by atoms with Crippen LogP contribution in [0.4, 0.5) is 24.5 Å². The van der Waals surface area contributed by atoms with Crippen molar-refractivity contribution in [3.63, 3.8) is 0 Å². The Hall–Kier alpha value is -2.50. The molecule has 0 heterocycles. The standard InChI is InChI=1S/C20H23F3N2O/c1-19(2,3)14-8-10-15(11-9-14)25-18(26)12-13-24-17-7-5-4-6-16(17)20(21,22)23/h4-11,24H,12-13H2,1-3H3,(H,25,26). The number of amides is 1. The smallest absolute Gasteiger partial charge is 0.384 e. The van der Waals surface area contributed by atoms with Crippen molar-refractivity contribution in [3.8, 4) is 0 Å². The van der Waals surface area contributed by atoms with Gasteiger partial charge in [0.2, 0.25) is 5.91 Å². The highest BCUT2D eigenvalue weighted by molar-refractivity contribution is 5.91. The zero-order chi connectivity index (χ0) is 19.4. The summed E-state index contributed by atoms with van der Waals surface area (Å²) in [5.74, 6) is -0.259. The van der Waals surface area contributed by atoms with E-state index in [0.717, 1.165) is 11.6 Å². The minimum atomic E-state index is -4.43. The van der Waals surface area contributed by atoms with E-state index in [1.807, 2.05) is 24.3 Å². The second-order valence-corrected chi connectivity index (χ2v) is 7.10. The Balaban J connectivity index is 1.88. The molecule has 0 aromatic heterocycles. The third-order valence-electron chi connectivity index (χ3n) is 3.93. The number of alkyl halides is 3. The van der Waals surface area contributed by atoms with Gasteiger partial charge in [0.1, 0.15) is 0 Å². The van der Waals surface area contributed by atoms with Crippen LogP contribution >= 0.6 is 0 Å². The Morgan fingerprint density at radius 2 is 1.58 bits per heavy atom. The van der Waals surface area contributed by atoms with Gasteiger partial charge in [-0.25, -0.2) is 0 Å². The van der Waals surface area contributed by atoms with E-state index in [-0.39, 0.29) is 30.0 Å². The predicted octanol–water partition coefficient (Wildman–Crippen LogP) is 5.44. The highest BCUT2D eigenvalue weighted by atomic mass is 19.4. The summed E-state index contributed by atoms with van der Waals surface area (Å²) in [6.45, 7) is 6.42. The molecule has 0 atom stereocenters. The third-order valence-corrected chi connectivity index (χ3v) is 3.93. The first-order valence-corrected chi connectivity index (χ1v) is 8.38. The van der Waals surface area contributed by atoms with E-state index >= 15 is 0 Å². The molecule has 0 unspecified atom stereocenters. The normalized spacial score (nSPS) is 11.9. The van der Waals surface area contributed by atoms with Gasteiger partial charge in [-0.3, -0.25) is 4.79 Å². The molecule has 2 aromatic rings. The Morgan fingerprint density at radius 1 is 0.962 bits per heavy atom. The molecule has 2 N–H and O–H groups in total. The second kappa shape index (κ2) is 7.81. The minimum Gasteiger partial charge on any atom is -0.384 e. The number of halogens is 3. The van der Waals surface area contributed by atoms with Crippen LogP contribution in [0.2, 0.25) is 0 Å². The summed E-state index contributed by atoms with van der Waals surface area (Å²) in [6, 6.07) is 12.8. The van der Waals surface area contributed by atoms with Crippen LogP contribution in [0.5, 0.6) is 0 Å². The summed E-state index contributed by atoms with van der Waals surface area (Å²) in [4.78, 5) is 12.0. The summed E-state index contributed by atoms with van der Waals surface area (Å²) in [5.41, 5.74) is 1.08. The van der Waals surface area contributed by atoms with Gasteiger partial charge in [-0.15, -0.1) is 0 Å². The van der Waals surface area contributed by atoms with Crippen molar-refractivity contribution in [3.05, 3.63) is 59.7 Å². The quantitative estimate of drug-likeness (QED) is 0.741. The number of para-hydroxylation sites is 1. The molecule has 2 rings (SSSR count). The van der Waals surface area contributed by atoms with Crippen molar-refractivity contribution in [2.45, 2.75) is 38.8 Å². The lowest BCUT2D eigenvalue weighted by atomic mass is 9.87. The average molecular weight is 364 g/mol. The molecule has 0 fully saturated rings. The Labute approximate surface area is 151 Å². The fraction of sp³-hybridized carbons (Fsp3) is 0.350. The second-order valence-electron chi connectivity index (χ2n) is 7.10. The minimum absolute atomic E-state index is 0.0256.